The number of nitrogen functional groups attached to an aromatic ring is 1. The van der Waals surface area contributed by atoms with E-state index in [4.69, 9.17) is 5.73 Å². The van der Waals surface area contributed by atoms with Gasteiger partial charge in [0.25, 0.3) is 0 Å². The van der Waals surface area contributed by atoms with Crippen molar-refractivity contribution in [2.75, 3.05) is 23.7 Å². The molecule has 6 nitrogen and oxygen atoms in total. The Labute approximate surface area is 143 Å². The van der Waals surface area contributed by atoms with Crippen molar-refractivity contribution in [3.05, 3.63) is 24.3 Å². The zero-order chi connectivity index (χ0) is 18.1. The molecule has 0 bridgehead atoms. The lowest BCUT2D eigenvalue weighted by atomic mass is 10.2. The molecule has 3 amide bonds. The Morgan fingerprint density at radius 1 is 0.917 bits per heavy atom. The summed E-state index contributed by atoms with van der Waals surface area (Å²) in [7, 11) is 0. The van der Waals surface area contributed by atoms with Gasteiger partial charge in [0, 0.05) is 25.7 Å². The van der Waals surface area contributed by atoms with Gasteiger partial charge in [0.1, 0.15) is 0 Å². The van der Waals surface area contributed by atoms with Gasteiger partial charge in [-0.05, 0) is 37.1 Å². The number of nitrogens with two attached hydrogens (primary N) is 1. The molecule has 6 heteroatoms. The molecule has 0 atom stereocenters. The average Bonchev–Trinajstić information content (AvgIpc) is 2.56. The van der Waals surface area contributed by atoms with Crippen LogP contribution >= 0.6 is 0 Å². The van der Waals surface area contributed by atoms with Crippen LogP contribution in [-0.2, 0) is 14.4 Å². The average molecular weight is 333 g/mol. The van der Waals surface area contributed by atoms with Crippen LogP contribution in [0.1, 0.15) is 46.5 Å². The highest BCUT2D eigenvalue weighted by molar-refractivity contribution is 6.45. The molecular formula is C18H27N3O3. The van der Waals surface area contributed by atoms with Gasteiger partial charge in [0.2, 0.25) is 5.91 Å². The standard InChI is InChI=1S/C18H27N3O3/c1-4-6-12-20(13-7-5-2)17(23)18(24)21(14(3)22)16-10-8-15(19)9-11-16/h8-11H,4-7,12-13,19H2,1-3H3. The van der Waals surface area contributed by atoms with Crippen LogP contribution in [0.15, 0.2) is 24.3 Å². The van der Waals surface area contributed by atoms with E-state index in [0.29, 0.717) is 24.5 Å². The third-order valence-corrected chi connectivity index (χ3v) is 3.70. The highest BCUT2D eigenvalue weighted by Crippen LogP contribution is 2.18. The van der Waals surface area contributed by atoms with E-state index in [0.717, 1.165) is 30.6 Å². The molecule has 0 unspecified atom stereocenters. The molecule has 0 aliphatic heterocycles. The van der Waals surface area contributed by atoms with Gasteiger partial charge in [-0.25, -0.2) is 4.90 Å². The number of unbranched alkanes of at least 4 members (excludes halogenated alkanes) is 2. The first-order valence-corrected chi connectivity index (χ1v) is 8.41. The van der Waals surface area contributed by atoms with E-state index in [1.807, 2.05) is 13.8 Å². The van der Waals surface area contributed by atoms with Gasteiger partial charge in [-0.2, -0.15) is 0 Å². The van der Waals surface area contributed by atoms with Crippen LogP contribution in [-0.4, -0.2) is 35.7 Å². The predicted octanol–water partition coefficient (Wildman–Crippen LogP) is 2.58. The number of hydrogen-bond donors (Lipinski definition) is 1. The second-order valence-electron chi connectivity index (χ2n) is 5.75. The van der Waals surface area contributed by atoms with Crippen LogP contribution in [0.2, 0.25) is 0 Å². The van der Waals surface area contributed by atoms with E-state index in [-0.39, 0.29) is 0 Å². The normalized spacial score (nSPS) is 10.3. The fourth-order valence-electron chi connectivity index (χ4n) is 2.31. The van der Waals surface area contributed by atoms with Crippen LogP contribution < -0.4 is 10.6 Å². The number of imide groups is 1. The van der Waals surface area contributed by atoms with Crippen molar-refractivity contribution in [2.45, 2.75) is 46.5 Å². The smallest absolute Gasteiger partial charge is 0.323 e. The van der Waals surface area contributed by atoms with Crippen LogP contribution in [0, 0.1) is 0 Å². The molecule has 1 rings (SSSR count). The molecule has 1 aromatic carbocycles. The molecule has 1 aromatic rings. The molecular weight excluding hydrogens is 306 g/mol. The molecule has 0 saturated heterocycles. The van der Waals surface area contributed by atoms with Gasteiger partial charge in [-0.1, -0.05) is 26.7 Å². The lowest BCUT2D eigenvalue weighted by molar-refractivity contribution is -0.145. The Hall–Kier alpha value is -2.37. The van der Waals surface area contributed by atoms with Crippen LogP contribution in [0.5, 0.6) is 0 Å². The Kier molecular flexibility index (Phi) is 7.95. The number of carbonyl (C=O) groups excluding carboxylic acids is 3. The fraction of sp³-hybridized carbons (Fsp3) is 0.500. The quantitative estimate of drug-likeness (QED) is 0.614. The van der Waals surface area contributed by atoms with Crippen molar-refractivity contribution in [2.24, 2.45) is 0 Å². The van der Waals surface area contributed by atoms with Gasteiger partial charge in [0.15, 0.2) is 0 Å². The number of amides is 3. The summed E-state index contributed by atoms with van der Waals surface area (Å²) in [6.45, 7) is 6.37. The molecule has 0 spiro atoms. The van der Waals surface area contributed by atoms with Crippen molar-refractivity contribution >= 4 is 29.1 Å². The summed E-state index contributed by atoms with van der Waals surface area (Å²) >= 11 is 0. The van der Waals surface area contributed by atoms with Crippen LogP contribution in [0.25, 0.3) is 0 Å². The van der Waals surface area contributed by atoms with E-state index < -0.39 is 17.7 Å². The number of hydrogen-bond acceptors (Lipinski definition) is 4. The monoisotopic (exact) mass is 333 g/mol. The van der Waals surface area contributed by atoms with E-state index in [1.165, 1.54) is 6.92 Å². The van der Waals surface area contributed by atoms with E-state index in [9.17, 15) is 14.4 Å². The van der Waals surface area contributed by atoms with Crippen molar-refractivity contribution < 1.29 is 14.4 Å². The minimum atomic E-state index is -0.820. The second-order valence-corrected chi connectivity index (χ2v) is 5.75. The van der Waals surface area contributed by atoms with Crippen molar-refractivity contribution in [1.29, 1.82) is 0 Å². The van der Waals surface area contributed by atoms with Crippen molar-refractivity contribution in [1.82, 2.24) is 4.90 Å². The van der Waals surface area contributed by atoms with Gasteiger partial charge in [0.05, 0.1) is 5.69 Å². The molecule has 0 fully saturated rings. The third kappa shape index (κ3) is 5.37. The Morgan fingerprint density at radius 3 is 1.83 bits per heavy atom. The van der Waals surface area contributed by atoms with E-state index in [1.54, 1.807) is 29.2 Å². The minimum Gasteiger partial charge on any atom is -0.399 e. The zero-order valence-electron chi connectivity index (χ0n) is 14.7. The highest BCUT2D eigenvalue weighted by Gasteiger charge is 2.30. The number of benzene rings is 1. The summed E-state index contributed by atoms with van der Waals surface area (Å²) in [4.78, 5) is 39.6. The highest BCUT2D eigenvalue weighted by atomic mass is 16.2. The first-order chi connectivity index (χ1) is 11.4. The van der Waals surface area contributed by atoms with Crippen molar-refractivity contribution in [3.8, 4) is 0 Å². The largest absolute Gasteiger partial charge is 0.399 e. The molecule has 0 saturated carbocycles. The SMILES string of the molecule is CCCCN(CCCC)C(=O)C(=O)N(C(C)=O)c1ccc(N)cc1. The number of anilines is 2. The fourth-order valence-corrected chi connectivity index (χ4v) is 2.31. The van der Waals surface area contributed by atoms with Crippen molar-refractivity contribution in [3.63, 3.8) is 0 Å². The maximum absolute atomic E-state index is 12.6. The molecule has 2 N–H and O–H groups in total. The van der Waals surface area contributed by atoms with E-state index >= 15 is 0 Å². The summed E-state index contributed by atoms with van der Waals surface area (Å²) in [5, 5.41) is 0. The van der Waals surface area contributed by atoms with Gasteiger partial charge in [-0.15, -0.1) is 0 Å². The Morgan fingerprint density at radius 2 is 1.42 bits per heavy atom. The zero-order valence-corrected chi connectivity index (χ0v) is 14.7. The van der Waals surface area contributed by atoms with Gasteiger partial charge in [-0.3, -0.25) is 14.4 Å². The molecule has 132 valence electrons. The van der Waals surface area contributed by atoms with E-state index in [2.05, 4.69) is 0 Å². The lowest BCUT2D eigenvalue weighted by Gasteiger charge is -2.25. The van der Waals surface area contributed by atoms with Crippen LogP contribution in [0.4, 0.5) is 11.4 Å². The summed E-state index contributed by atoms with van der Waals surface area (Å²) in [6, 6.07) is 6.30. The predicted molar refractivity (Wildman–Crippen MR) is 95.4 cm³/mol. The maximum Gasteiger partial charge on any atom is 0.323 e. The molecule has 0 radical (unpaired) electrons. The number of nitrogens with zero attached hydrogens (tertiary/aromatic N) is 2. The Bertz CT molecular complexity index is 561. The molecule has 24 heavy (non-hydrogen) atoms. The van der Waals surface area contributed by atoms with Crippen LogP contribution in [0.3, 0.4) is 0 Å². The molecule has 0 aliphatic carbocycles. The summed E-state index contributed by atoms with van der Waals surface area (Å²) in [5.74, 6) is -1.95. The number of carbonyl (C=O) groups is 3. The first-order valence-electron chi connectivity index (χ1n) is 8.41. The molecule has 0 aromatic heterocycles. The summed E-state index contributed by atoms with van der Waals surface area (Å²) in [5.41, 5.74) is 6.50. The third-order valence-electron chi connectivity index (χ3n) is 3.70. The number of rotatable bonds is 7. The summed E-state index contributed by atoms with van der Waals surface area (Å²) in [6.07, 6.45) is 3.51. The second kappa shape index (κ2) is 9.70. The minimum absolute atomic E-state index is 0.348. The Balaban J connectivity index is 3.00. The molecule has 0 aliphatic rings. The van der Waals surface area contributed by atoms with Gasteiger partial charge < -0.3 is 10.6 Å². The summed E-state index contributed by atoms with van der Waals surface area (Å²) < 4.78 is 0. The molecule has 0 heterocycles. The topological polar surface area (TPSA) is 83.7 Å². The maximum atomic E-state index is 12.6. The first kappa shape index (κ1) is 19.7. The van der Waals surface area contributed by atoms with Gasteiger partial charge >= 0.3 is 11.8 Å². The lowest BCUT2D eigenvalue weighted by Crippen LogP contribution is -2.48.